The van der Waals surface area contributed by atoms with Crippen molar-refractivity contribution in [3.63, 3.8) is 0 Å². The SMILES string of the molecule is CC(=O)C(c1ccc2c(c1)CCC2)N1CCCCC1. The fourth-order valence-electron chi connectivity index (χ4n) is 3.64. The number of Topliss-reactive ketones (excluding diaryl/α,β-unsaturated/α-hetero) is 1. The number of hydrogen-bond donors (Lipinski definition) is 0. The lowest BCUT2D eigenvalue weighted by Gasteiger charge is -2.33. The summed E-state index contributed by atoms with van der Waals surface area (Å²) in [6.45, 7) is 3.88. The van der Waals surface area contributed by atoms with Gasteiger partial charge in [0.2, 0.25) is 0 Å². The Balaban J connectivity index is 1.89. The monoisotopic (exact) mass is 257 g/mol. The first kappa shape index (κ1) is 12.9. The summed E-state index contributed by atoms with van der Waals surface area (Å²) in [6, 6.07) is 6.72. The fraction of sp³-hybridized carbons (Fsp3) is 0.588. The van der Waals surface area contributed by atoms with Gasteiger partial charge in [0, 0.05) is 0 Å². The first-order valence-electron chi connectivity index (χ1n) is 7.62. The molecular weight excluding hydrogens is 234 g/mol. The maximum atomic E-state index is 12.1. The van der Waals surface area contributed by atoms with Crippen LogP contribution in [0.3, 0.4) is 0 Å². The van der Waals surface area contributed by atoms with E-state index in [4.69, 9.17) is 0 Å². The molecule has 1 aromatic carbocycles. The van der Waals surface area contributed by atoms with Gasteiger partial charge in [0.25, 0.3) is 0 Å². The molecule has 1 fully saturated rings. The molecule has 2 nitrogen and oxygen atoms in total. The first-order valence-corrected chi connectivity index (χ1v) is 7.62. The van der Waals surface area contributed by atoms with Gasteiger partial charge in [0.15, 0.2) is 5.78 Å². The quantitative estimate of drug-likeness (QED) is 0.828. The smallest absolute Gasteiger partial charge is 0.151 e. The number of nitrogens with zero attached hydrogens (tertiary/aromatic N) is 1. The highest BCUT2D eigenvalue weighted by molar-refractivity contribution is 5.83. The van der Waals surface area contributed by atoms with Crippen molar-refractivity contribution in [2.24, 2.45) is 0 Å². The highest BCUT2D eigenvalue weighted by atomic mass is 16.1. The van der Waals surface area contributed by atoms with Gasteiger partial charge in [-0.3, -0.25) is 9.69 Å². The molecule has 0 N–H and O–H groups in total. The van der Waals surface area contributed by atoms with Crippen LogP contribution in [-0.2, 0) is 17.6 Å². The number of piperidine rings is 1. The number of fused-ring (bicyclic) bond motifs is 1. The Morgan fingerprint density at radius 3 is 2.53 bits per heavy atom. The van der Waals surface area contributed by atoms with E-state index in [0.29, 0.717) is 5.78 Å². The number of carbonyl (C=O) groups excluding carboxylic acids is 1. The summed E-state index contributed by atoms with van der Waals surface area (Å²) >= 11 is 0. The van der Waals surface area contributed by atoms with Gasteiger partial charge in [-0.2, -0.15) is 0 Å². The number of hydrogen-bond acceptors (Lipinski definition) is 2. The van der Waals surface area contributed by atoms with Crippen LogP contribution in [0.2, 0.25) is 0 Å². The van der Waals surface area contributed by atoms with Crippen LogP contribution in [0.4, 0.5) is 0 Å². The highest BCUT2D eigenvalue weighted by Gasteiger charge is 2.26. The largest absolute Gasteiger partial charge is 0.298 e. The van der Waals surface area contributed by atoms with E-state index in [-0.39, 0.29) is 6.04 Å². The molecule has 1 aliphatic heterocycles. The molecule has 102 valence electrons. The predicted octanol–water partition coefficient (Wildman–Crippen LogP) is 3.29. The molecule has 0 radical (unpaired) electrons. The Kier molecular flexibility index (Phi) is 3.69. The average molecular weight is 257 g/mol. The Morgan fingerprint density at radius 1 is 1.05 bits per heavy atom. The van der Waals surface area contributed by atoms with Crippen LogP contribution in [0.25, 0.3) is 0 Å². The molecule has 19 heavy (non-hydrogen) atoms. The molecule has 2 heteroatoms. The van der Waals surface area contributed by atoms with Gasteiger partial charge in [0.05, 0.1) is 6.04 Å². The number of ketones is 1. The van der Waals surface area contributed by atoms with Crippen molar-refractivity contribution in [1.29, 1.82) is 0 Å². The van der Waals surface area contributed by atoms with Gasteiger partial charge in [-0.1, -0.05) is 24.6 Å². The van der Waals surface area contributed by atoms with Crippen LogP contribution in [0.5, 0.6) is 0 Å². The van der Waals surface area contributed by atoms with Crippen LogP contribution in [0.15, 0.2) is 18.2 Å². The van der Waals surface area contributed by atoms with Crippen LogP contribution >= 0.6 is 0 Å². The lowest BCUT2D eigenvalue weighted by Crippen LogP contribution is -2.37. The van der Waals surface area contributed by atoms with Crippen molar-refractivity contribution in [1.82, 2.24) is 4.90 Å². The Morgan fingerprint density at radius 2 is 1.79 bits per heavy atom. The van der Waals surface area contributed by atoms with Crippen molar-refractivity contribution in [2.45, 2.75) is 51.5 Å². The van der Waals surface area contributed by atoms with Gasteiger partial charge in [-0.25, -0.2) is 0 Å². The zero-order valence-electron chi connectivity index (χ0n) is 11.8. The van der Waals surface area contributed by atoms with E-state index in [1.54, 1.807) is 6.92 Å². The third-order valence-corrected chi connectivity index (χ3v) is 4.58. The molecule has 1 saturated heterocycles. The zero-order chi connectivity index (χ0) is 13.2. The Labute approximate surface area is 115 Å². The number of benzene rings is 1. The molecule has 0 amide bonds. The lowest BCUT2D eigenvalue weighted by molar-refractivity contribution is -0.122. The second kappa shape index (κ2) is 5.46. The minimum atomic E-state index is -0.00815. The normalized spacial score (nSPS) is 21.1. The second-order valence-corrected chi connectivity index (χ2v) is 5.99. The molecule has 0 aromatic heterocycles. The molecule has 0 spiro atoms. The maximum Gasteiger partial charge on any atom is 0.151 e. The fourth-order valence-corrected chi connectivity index (χ4v) is 3.64. The minimum Gasteiger partial charge on any atom is -0.298 e. The molecule has 1 unspecified atom stereocenters. The van der Waals surface area contributed by atoms with Crippen molar-refractivity contribution >= 4 is 5.78 Å². The summed E-state index contributed by atoms with van der Waals surface area (Å²) in [7, 11) is 0. The van der Waals surface area contributed by atoms with Gasteiger partial charge < -0.3 is 0 Å². The van der Waals surface area contributed by atoms with E-state index >= 15 is 0 Å². The van der Waals surface area contributed by atoms with Crippen molar-refractivity contribution in [2.75, 3.05) is 13.1 Å². The van der Waals surface area contributed by atoms with E-state index in [1.807, 2.05) is 0 Å². The van der Waals surface area contributed by atoms with Crippen LogP contribution in [-0.4, -0.2) is 23.8 Å². The van der Waals surface area contributed by atoms with Gasteiger partial charge in [0.1, 0.15) is 0 Å². The van der Waals surface area contributed by atoms with E-state index in [1.165, 1.54) is 55.2 Å². The first-order chi connectivity index (χ1) is 9.25. The molecule has 0 saturated carbocycles. The molecular formula is C17H23NO. The molecule has 1 aromatic rings. The van der Waals surface area contributed by atoms with E-state index in [0.717, 1.165) is 13.1 Å². The lowest BCUT2D eigenvalue weighted by atomic mass is 9.96. The highest BCUT2D eigenvalue weighted by Crippen LogP contribution is 2.30. The standard InChI is InChI=1S/C17H23NO/c1-13(19)17(18-10-3-2-4-11-18)16-9-8-14-6-5-7-15(14)12-16/h8-9,12,17H,2-7,10-11H2,1H3. The number of likely N-dealkylation sites (tertiary alicyclic amines) is 1. The predicted molar refractivity (Wildman–Crippen MR) is 77.3 cm³/mol. The Bertz CT molecular complexity index is 474. The second-order valence-electron chi connectivity index (χ2n) is 5.99. The molecule has 1 atom stereocenters. The van der Waals surface area contributed by atoms with Crippen molar-refractivity contribution in [3.05, 3.63) is 34.9 Å². The third kappa shape index (κ3) is 2.59. The van der Waals surface area contributed by atoms with Crippen molar-refractivity contribution < 1.29 is 4.79 Å². The number of aryl methyl sites for hydroxylation is 2. The van der Waals surface area contributed by atoms with Gasteiger partial charge in [-0.05, 0) is 68.8 Å². The summed E-state index contributed by atoms with van der Waals surface area (Å²) in [6.07, 6.45) is 7.44. The summed E-state index contributed by atoms with van der Waals surface area (Å²) in [5, 5.41) is 0. The third-order valence-electron chi connectivity index (χ3n) is 4.58. The molecule has 1 aliphatic carbocycles. The maximum absolute atomic E-state index is 12.1. The summed E-state index contributed by atoms with van der Waals surface area (Å²) in [4.78, 5) is 14.5. The molecule has 3 rings (SSSR count). The number of rotatable bonds is 3. The van der Waals surface area contributed by atoms with E-state index in [9.17, 15) is 4.79 Å². The summed E-state index contributed by atoms with van der Waals surface area (Å²) < 4.78 is 0. The van der Waals surface area contributed by atoms with Crippen LogP contribution in [0, 0.1) is 0 Å². The van der Waals surface area contributed by atoms with Crippen molar-refractivity contribution in [3.8, 4) is 0 Å². The van der Waals surface area contributed by atoms with E-state index < -0.39 is 0 Å². The van der Waals surface area contributed by atoms with Crippen LogP contribution < -0.4 is 0 Å². The molecule has 0 bridgehead atoms. The average Bonchev–Trinajstić information content (AvgIpc) is 2.87. The minimum absolute atomic E-state index is 0.00815. The number of carbonyl (C=O) groups is 1. The van der Waals surface area contributed by atoms with E-state index in [2.05, 4.69) is 23.1 Å². The summed E-state index contributed by atoms with van der Waals surface area (Å²) in [5.41, 5.74) is 4.18. The van der Waals surface area contributed by atoms with Gasteiger partial charge >= 0.3 is 0 Å². The molecule has 1 heterocycles. The van der Waals surface area contributed by atoms with Gasteiger partial charge in [-0.15, -0.1) is 0 Å². The van der Waals surface area contributed by atoms with Crippen LogP contribution in [0.1, 0.15) is 55.3 Å². The topological polar surface area (TPSA) is 20.3 Å². The summed E-state index contributed by atoms with van der Waals surface area (Å²) in [5.74, 6) is 0.292. The molecule has 2 aliphatic rings. The zero-order valence-corrected chi connectivity index (χ0v) is 11.8. The Hall–Kier alpha value is -1.15.